The van der Waals surface area contributed by atoms with Crippen molar-refractivity contribution in [1.82, 2.24) is 0 Å². The highest BCUT2D eigenvalue weighted by Gasteiger charge is 2.44. The average molecular weight is 268 g/mol. The summed E-state index contributed by atoms with van der Waals surface area (Å²) in [7, 11) is 0. The van der Waals surface area contributed by atoms with Crippen LogP contribution in [-0.4, -0.2) is 17.6 Å². The number of nitrogens with one attached hydrogen (secondary N) is 1. The fourth-order valence-electron chi connectivity index (χ4n) is 2.24. The number of carboxylic acids is 1. The fourth-order valence-corrected chi connectivity index (χ4v) is 2.41. The monoisotopic (exact) mass is 267 g/mol. The van der Waals surface area contributed by atoms with Crippen LogP contribution in [0.15, 0.2) is 18.2 Å². The van der Waals surface area contributed by atoms with E-state index in [1.54, 1.807) is 12.1 Å². The van der Waals surface area contributed by atoms with Gasteiger partial charge in [-0.15, -0.1) is 0 Å². The Morgan fingerprint density at radius 1 is 1.50 bits per heavy atom. The highest BCUT2D eigenvalue weighted by molar-refractivity contribution is 6.31. The molecule has 0 unspecified atom stereocenters. The van der Waals surface area contributed by atoms with Crippen LogP contribution in [-0.2, 0) is 0 Å². The molecule has 1 aromatic rings. The van der Waals surface area contributed by atoms with Crippen molar-refractivity contribution < 1.29 is 9.90 Å². The molecule has 0 amide bonds. The lowest BCUT2D eigenvalue weighted by Crippen LogP contribution is -2.21. The summed E-state index contributed by atoms with van der Waals surface area (Å²) in [6.45, 7) is 5.26. The summed E-state index contributed by atoms with van der Waals surface area (Å²) in [6, 6.07) is 4.94. The molecule has 1 aliphatic carbocycles. The first kappa shape index (κ1) is 13.2. The molecule has 0 saturated heterocycles. The lowest BCUT2D eigenvalue weighted by Gasteiger charge is -2.21. The van der Waals surface area contributed by atoms with Crippen molar-refractivity contribution in [2.24, 2.45) is 11.3 Å². The molecule has 1 fully saturated rings. The van der Waals surface area contributed by atoms with Crippen LogP contribution in [0.4, 0.5) is 5.69 Å². The van der Waals surface area contributed by atoms with E-state index in [2.05, 4.69) is 19.2 Å². The van der Waals surface area contributed by atoms with E-state index in [0.717, 1.165) is 6.54 Å². The topological polar surface area (TPSA) is 49.3 Å². The molecule has 2 rings (SSSR count). The number of anilines is 1. The standard InChI is InChI=1S/C14H18ClNO2/c1-9(2)14(5-6-14)8-16-12-4-3-10(15)7-11(12)13(17)18/h3-4,7,9,16H,5-6,8H2,1-2H3,(H,17,18). The molecular weight excluding hydrogens is 250 g/mol. The zero-order valence-corrected chi connectivity index (χ0v) is 11.4. The van der Waals surface area contributed by atoms with Crippen molar-refractivity contribution in [2.45, 2.75) is 26.7 Å². The molecule has 18 heavy (non-hydrogen) atoms. The Morgan fingerprint density at radius 2 is 2.17 bits per heavy atom. The third-order valence-electron chi connectivity index (χ3n) is 3.96. The quantitative estimate of drug-likeness (QED) is 0.851. The second-order valence-corrected chi connectivity index (χ2v) is 5.80. The van der Waals surface area contributed by atoms with E-state index in [1.807, 2.05) is 0 Å². The molecule has 0 bridgehead atoms. The largest absolute Gasteiger partial charge is 0.478 e. The van der Waals surface area contributed by atoms with Crippen LogP contribution in [0.1, 0.15) is 37.0 Å². The van der Waals surface area contributed by atoms with Gasteiger partial charge in [0, 0.05) is 17.3 Å². The predicted molar refractivity (Wildman–Crippen MR) is 73.4 cm³/mol. The minimum Gasteiger partial charge on any atom is -0.478 e. The van der Waals surface area contributed by atoms with E-state index in [1.165, 1.54) is 18.9 Å². The van der Waals surface area contributed by atoms with Gasteiger partial charge in [0.25, 0.3) is 0 Å². The van der Waals surface area contributed by atoms with Crippen LogP contribution in [0, 0.1) is 11.3 Å². The number of benzene rings is 1. The SMILES string of the molecule is CC(C)C1(CNc2ccc(Cl)cc2C(=O)O)CC1. The maximum absolute atomic E-state index is 11.1. The molecule has 98 valence electrons. The minimum absolute atomic E-state index is 0.238. The predicted octanol–water partition coefficient (Wildman–Crippen LogP) is 3.89. The van der Waals surface area contributed by atoms with Crippen molar-refractivity contribution in [2.75, 3.05) is 11.9 Å². The molecular formula is C14H18ClNO2. The van der Waals surface area contributed by atoms with Crippen molar-refractivity contribution in [3.05, 3.63) is 28.8 Å². The van der Waals surface area contributed by atoms with Gasteiger partial charge in [0.2, 0.25) is 0 Å². The van der Waals surface area contributed by atoms with Gasteiger partial charge in [-0.2, -0.15) is 0 Å². The number of carboxylic acid groups (broad SMARTS) is 1. The highest BCUT2D eigenvalue weighted by atomic mass is 35.5. The van der Waals surface area contributed by atoms with Crippen LogP contribution in [0.25, 0.3) is 0 Å². The van der Waals surface area contributed by atoms with E-state index < -0.39 is 5.97 Å². The molecule has 4 heteroatoms. The van der Waals surface area contributed by atoms with E-state index >= 15 is 0 Å². The second-order valence-electron chi connectivity index (χ2n) is 5.37. The first-order chi connectivity index (χ1) is 8.44. The molecule has 0 heterocycles. The number of rotatable bonds is 5. The van der Waals surface area contributed by atoms with E-state index in [0.29, 0.717) is 22.0 Å². The maximum atomic E-state index is 11.1. The smallest absolute Gasteiger partial charge is 0.337 e. The van der Waals surface area contributed by atoms with Gasteiger partial charge in [-0.05, 0) is 42.4 Å². The summed E-state index contributed by atoms with van der Waals surface area (Å²) in [6.07, 6.45) is 2.43. The molecule has 1 aromatic carbocycles. The molecule has 0 aromatic heterocycles. The Kier molecular flexibility index (Phi) is 3.53. The molecule has 0 aliphatic heterocycles. The average Bonchev–Trinajstić information content (AvgIpc) is 3.08. The van der Waals surface area contributed by atoms with Gasteiger partial charge >= 0.3 is 5.97 Å². The molecule has 2 N–H and O–H groups in total. The maximum Gasteiger partial charge on any atom is 0.337 e. The molecule has 1 aliphatic rings. The first-order valence-electron chi connectivity index (χ1n) is 6.21. The van der Waals surface area contributed by atoms with Gasteiger partial charge in [-0.3, -0.25) is 0 Å². The Labute approximate surface area is 112 Å². The van der Waals surface area contributed by atoms with Gasteiger partial charge in [-0.1, -0.05) is 25.4 Å². The lowest BCUT2D eigenvalue weighted by atomic mass is 9.92. The third-order valence-corrected chi connectivity index (χ3v) is 4.19. The Hall–Kier alpha value is -1.22. The number of aromatic carboxylic acids is 1. The lowest BCUT2D eigenvalue weighted by molar-refractivity contribution is 0.0698. The van der Waals surface area contributed by atoms with Gasteiger partial charge in [0.05, 0.1) is 5.56 Å². The Bertz CT molecular complexity index is 467. The normalized spacial score (nSPS) is 16.7. The van der Waals surface area contributed by atoms with E-state index in [4.69, 9.17) is 16.7 Å². The van der Waals surface area contributed by atoms with Crippen molar-refractivity contribution in [3.63, 3.8) is 0 Å². The second kappa shape index (κ2) is 4.81. The van der Waals surface area contributed by atoms with Crippen LogP contribution in [0.5, 0.6) is 0 Å². The molecule has 3 nitrogen and oxygen atoms in total. The zero-order chi connectivity index (χ0) is 13.3. The van der Waals surface area contributed by atoms with Crippen molar-refractivity contribution >= 4 is 23.3 Å². The summed E-state index contributed by atoms with van der Waals surface area (Å²) >= 11 is 5.82. The summed E-state index contributed by atoms with van der Waals surface area (Å²) in [5.41, 5.74) is 1.23. The van der Waals surface area contributed by atoms with Crippen LogP contribution >= 0.6 is 11.6 Å². The summed E-state index contributed by atoms with van der Waals surface area (Å²) < 4.78 is 0. The first-order valence-corrected chi connectivity index (χ1v) is 6.59. The Balaban J connectivity index is 2.12. The Morgan fingerprint density at radius 3 is 2.67 bits per heavy atom. The molecule has 0 radical (unpaired) electrons. The van der Waals surface area contributed by atoms with E-state index in [9.17, 15) is 4.79 Å². The van der Waals surface area contributed by atoms with Crippen molar-refractivity contribution in [1.29, 1.82) is 0 Å². The number of hydrogen-bond acceptors (Lipinski definition) is 2. The molecule has 1 saturated carbocycles. The van der Waals surface area contributed by atoms with Gasteiger partial charge < -0.3 is 10.4 Å². The zero-order valence-electron chi connectivity index (χ0n) is 10.7. The third kappa shape index (κ3) is 2.61. The summed E-state index contributed by atoms with van der Waals surface area (Å²) in [4.78, 5) is 11.1. The molecule has 0 atom stereocenters. The minimum atomic E-state index is -0.950. The number of hydrogen-bond donors (Lipinski definition) is 2. The number of halogens is 1. The van der Waals surface area contributed by atoms with Gasteiger partial charge in [0.1, 0.15) is 0 Å². The highest BCUT2D eigenvalue weighted by Crippen LogP contribution is 2.51. The van der Waals surface area contributed by atoms with E-state index in [-0.39, 0.29) is 5.56 Å². The van der Waals surface area contributed by atoms with Gasteiger partial charge in [0.15, 0.2) is 0 Å². The van der Waals surface area contributed by atoms with Crippen LogP contribution in [0.3, 0.4) is 0 Å². The summed E-state index contributed by atoms with van der Waals surface area (Å²) in [5, 5.41) is 12.9. The number of carbonyl (C=O) groups is 1. The van der Waals surface area contributed by atoms with Crippen LogP contribution < -0.4 is 5.32 Å². The van der Waals surface area contributed by atoms with Crippen LogP contribution in [0.2, 0.25) is 5.02 Å². The van der Waals surface area contributed by atoms with Gasteiger partial charge in [-0.25, -0.2) is 4.79 Å². The summed E-state index contributed by atoms with van der Waals surface area (Å²) in [5.74, 6) is -0.333. The molecule has 0 spiro atoms. The van der Waals surface area contributed by atoms with Crippen molar-refractivity contribution in [3.8, 4) is 0 Å². The fraction of sp³-hybridized carbons (Fsp3) is 0.500.